The lowest BCUT2D eigenvalue weighted by molar-refractivity contribution is -0.142. The minimum absolute atomic E-state index is 0.00640. The lowest BCUT2D eigenvalue weighted by Gasteiger charge is -2.20. The van der Waals surface area contributed by atoms with Gasteiger partial charge < -0.3 is 20.3 Å². The van der Waals surface area contributed by atoms with E-state index in [0.29, 0.717) is 4.47 Å². The van der Waals surface area contributed by atoms with Crippen molar-refractivity contribution in [2.45, 2.75) is 18.8 Å². The number of pyridine rings is 1. The van der Waals surface area contributed by atoms with Gasteiger partial charge in [-0.05, 0) is 27.6 Å². The molecule has 2 rings (SSSR count). The fourth-order valence-corrected chi connectivity index (χ4v) is 2.33. The molecule has 2 aromatic rings. The summed E-state index contributed by atoms with van der Waals surface area (Å²) in [6.45, 7) is -0.00640. The number of carbonyl (C=O) groups is 2. The van der Waals surface area contributed by atoms with Gasteiger partial charge in [0.15, 0.2) is 6.04 Å². The Morgan fingerprint density at radius 1 is 1.25 bits per heavy atom. The van der Waals surface area contributed by atoms with Gasteiger partial charge in [-0.25, -0.2) is 9.59 Å². The molecule has 1 aromatic carbocycles. The zero-order chi connectivity index (χ0) is 17.5. The first-order valence-electron chi connectivity index (χ1n) is 6.96. The van der Waals surface area contributed by atoms with E-state index in [2.05, 4.69) is 26.2 Å². The molecule has 7 nitrogen and oxygen atoms in total. The number of carbonyl (C=O) groups excluding carboxylic acids is 1. The Labute approximate surface area is 146 Å². The van der Waals surface area contributed by atoms with Gasteiger partial charge in [0.1, 0.15) is 12.7 Å². The van der Waals surface area contributed by atoms with Crippen molar-refractivity contribution in [3.05, 3.63) is 64.4 Å². The van der Waals surface area contributed by atoms with E-state index in [4.69, 9.17) is 4.74 Å². The first-order valence-corrected chi connectivity index (χ1v) is 7.75. The molecule has 0 fully saturated rings. The van der Waals surface area contributed by atoms with Crippen molar-refractivity contribution in [2.75, 3.05) is 0 Å². The summed E-state index contributed by atoms with van der Waals surface area (Å²) in [7, 11) is 0. The van der Waals surface area contributed by atoms with Crippen LogP contribution in [0.2, 0.25) is 0 Å². The van der Waals surface area contributed by atoms with Crippen LogP contribution in [0.25, 0.3) is 0 Å². The third-order valence-electron chi connectivity index (χ3n) is 3.14. The van der Waals surface area contributed by atoms with E-state index in [1.54, 1.807) is 24.3 Å². The van der Waals surface area contributed by atoms with Gasteiger partial charge in [-0.15, -0.1) is 0 Å². The van der Waals surface area contributed by atoms with Crippen LogP contribution in [0.4, 0.5) is 4.79 Å². The lowest BCUT2D eigenvalue weighted by Crippen LogP contribution is -2.45. The summed E-state index contributed by atoms with van der Waals surface area (Å²) >= 11 is 3.19. The number of halogens is 1. The topological polar surface area (TPSA) is 109 Å². The van der Waals surface area contributed by atoms with Crippen LogP contribution in [0, 0.1) is 0 Å². The van der Waals surface area contributed by atoms with Crippen molar-refractivity contribution in [1.82, 2.24) is 10.3 Å². The maximum Gasteiger partial charge on any atom is 0.408 e. The number of rotatable bonds is 6. The molecule has 126 valence electrons. The Morgan fingerprint density at radius 2 is 1.96 bits per heavy atom. The van der Waals surface area contributed by atoms with Gasteiger partial charge in [0.25, 0.3) is 0 Å². The third kappa shape index (κ3) is 5.04. The molecular formula is C16H15BrN2O5. The van der Waals surface area contributed by atoms with Crippen LogP contribution in [0.5, 0.6) is 0 Å². The molecule has 2 atom stereocenters. The maximum absolute atomic E-state index is 11.8. The molecule has 8 heteroatoms. The largest absolute Gasteiger partial charge is 0.480 e. The number of aromatic nitrogens is 1. The van der Waals surface area contributed by atoms with Crippen LogP contribution < -0.4 is 5.32 Å². The molecule has 0 bridgehead atoms. The minimum Gasteiger partial charge on any atom is -0.480 e. The van der Waals surface area contributed by atoms with Crippen LogP contribution in [0.3, 0.4) is 0 Å². The van der Waals surface area contributed by atoms with Crippen LogP contribution in [0.1, 0.15) is 17.2 Å². The van der Waals surface area contributed by atoms with E-state index in [-0.39, 0.29) is 12.2 Å². The molecule has 0 saturated carbocycles. The van der Waals surface area contributed by atoms with Crippen LogP contribution in [-0.2, 0) is 16.1 Å². The highest BCUT2D eigenvalue weighted by Gasteiger charge is 2.30. The second kappa shape index (κ2) is 8.42. The third-order valence-corrected chi connectivity index (χ3v) is 3.57. The molecule has 0 spiro atoms. The van der Waals surface area contributed by atoms with E-state index in [1.165, 1.54) is 18.5 Å². The van der Waals surface area contributed by atoms with E-state index in [0.717, 1.165) is 5.56 Å². The summed E-state index contributed by atoms with van der Waals surface area (Å²) < 4.78 is 5.55. The highest BCUT2D eigenvalue weighted by atomic mass is 79.9. The van der Waals surface area contributed by atoms with Gasteiger partial charge >= 0.3 is 12.1 Å². The zero-order valence-corrected chi connectivity index (χ0v) is 14.0. The second-order valence-electron chi connectivity index (χ2n) is 4.90. The number of ether oxygens (including phenoxy) is 1. The van der Waals surface area contributed by atoms with E-state index >= 15 is 0 Å². The van der Waals surface area contributed by atoms with Crippen molar-refractivity contribution in [1.29, 1.82) is 0 Å². The minimum atomic E-state index is -1.57. The Balaban J connectivity index is 2.00. The monoisotopic (exact) mass is 394 g/mol. The molecule has 24 heavy (non-hydrogen) atoms. The number of aliphatic hydroxyl groups is 1. The number of amides is 1. The van der Waals surface area contributed by atoms with Gasteiger partial charge in [0.2, 0.25) is 0 Å². The van der Waals surface area contributed by atoms with Crippen molar-refractivity contribution in [3.63, 3.8) is 0 Å². The Hall–Kier alpha value is -2.45. The molecular weight excluding hydrogens is 380 g/mol. The summed E-state index contributed by atoms with van der Waals surface area (Å²) in [5.41, 5.74) is 1.01. The van der Waals surface area contributed by atoms with Gasteiger partial charge in [-0.1, -0.05) is 30.3 Å². The number of nitrogens with one attached hydrogen (secondary N) is 1. The summed E-state index contributed by atoms with van der Waals surface area (Å²) in [6, 6.07) is 8.90. The molecule has 0 unspecified atom stereocenters. The van der Waals surface area contributed by atoms with E-state index < -0.39 is 24.2 Å². The molecule has 0 radical (unpaired) electrons. The number of hydrogen-bond donors (Lipinski definition) is 3. The number of hydrogen-bond acceptors (Lipinski definition) is 5. The smallest absolute Gasteiger partial charge is 0.408 e. The Morgan fingerprint density at radius 3 is 2.58 bits per heavy atom. The highest BCUT2D eigenvalue weighted by Crippen LogP contribution is 2.20. The molecule has 1 heterocycles. The fraction of sp³-hybridized carbons (Fsp3) is 0.188. The molecule has 0 aliphatic rings. The highest BCUT2D eigenvalue weighted by molar-refractivity contribution is 9.10. The number of aliphatic carboxylic acids is 1. The van der Waals surface area contributed by atoms with Crippen LogP contribution in [0.15, 0.2) is 53.3 Å². The standard InChI is InChI=1S/C16H15BrN2O5/c17-12-6-11(7-18-8-12)14(20)13(15(21)22)19-16(23)24-9-10-4-2-1-3-5-10/h1-8,13-14,20H,9H2,(H,19,23)(H,21,22)/t13-,14+/m0/s1. The van der Waals surface area contributed by atoms with E-state index in [1.807, 2.05) is 6.07 Å². The lowest BCUT2D eigenvalue weighted by atomic mass is 10.0. The molecule has 0 aliphatic heterocycles. The number of benzene rings is 1. The fourth-order valence-electron chi connectivity index (χ4n) is 1.95. The predicted molar refractivity (Wildman–Crippen MR) is 88.1 cm³/mol. The first-order chi connectivity index (χ1) is 11.5. The summed E-state index contributed by atoms with van der Waals surface area (Å²) in [5, 5.41) is 21.6. The van der Waals surface area contributed by atoms with Crippen LogP contribution in [-0.4, -0.2) is 33.3 Å². The number of carboxylic acid groups (broad SMARTS) is 1. The SMILES string of the molecule is O=C(N[C@H](C(=O)O)[C@H](O)c1cncc(Br)c1)OCc1ccccc1. The van der Waals surface area contributed by atoms with Crippen molar-refractivity contribution < 1.29 is 24.5 Å². The average molecular weight is 395 g/mol. The summed E-state index contributed by atoms with van der Waals surface area (Å²) in [4.78, 5) is 27.0. The second-order valence-corrected chi connectivity index (χ2v) is 5.82. The van der Waals surface area contributed by atoms with Gasteiger partial charge in [0, 0.05) is 22.4 Å². The van der Waals surface area contributed by atoms with Crippen molar-refractivity contribution >= 4 is 28.0 Å². The normalized spacial score (nSPS) is 12.9. The zero-order valence-electron chi connectivity index (χ0n) is 12.4. The van der Waals surface area contributed by atoms with Gasteiger partial charge in [0.05, 0.1) is 0 Å². The van der Waals surface area contributed by atoms with Crippen LogP contribution >= 0.6 is 15.9 Å². The molecule has 0 aliphatic carbocycles. The number of carboxylic acids is 1. The molecule has 0 saturated heterocycles. The Kier molecular flexibility index (Phi) is 6.28. The average Bonchev–Trinajstić information content (AvgIpc) is 2.58. The van der Waals surface area contributed by atoms with Crippen molar-refractivity contribution in [3.8, 4) is 0 Å². The predicted octanol–water partition coefficient (Wildman–Crippen LogP) is 2.26. The van der Waals surface area contributed by atoms with E-state index in [9.17, 15) is 19.8 Å². The first kappa shape index (κ1) is 17.9. The Bertz CT molecular complexity index is 711. The number of aliphatic hydroxyl groups excluding tert-OH is 1. The number of alkyl carbamates (subject to hydrolysis) is 1. The molecule has 1 amide bonds. The molecule has 3 N–H and O–H groups in total. The van der Waals surface area contributed by atoms with Gasteiger partial charge in [-0.3, -0.25) is 4.98 Å². The maximum atomic E-state index is 11.8. The van der Waals surface area contributed by atoms with Gasteiger partial charge in [-0.2, -0.15) is 0 Å². The summed E-state index contributed by atoms with van der Waals surface area (Å²) in [5.74, 6) is -1.39. The quantitative estimate of drug-likeness (QED) is 0.693. The van der Waals surface area contributed by atoms with Crippen molar-refractivity contribution in [2.24, 2.45) is 0 Å². The molecule has 1 aromatic heterocycles. The number of nitrogens with zero attached hydrogens (tertiary/aromatic N) is 1. The summed E-state index contributed by atoms with van der Waals surface area (Å²) in [6.07, 6.45) is 0.403.